The lowest BCUT2D eigenvalue weighted by Crippen LogP contribution is -2.34. The average molecular weight is 341 g/mol. The number of carbonyl (C=O) groups excluding carboxylic acids is 2. The van der Waals surface area contributed by atoms with Gasteiger partial charge >= 0.3 is 0 Å². The van der Waals surface area contributed by atoms with E-state index < -0.39 is 0 Å². The normalized spacial score (nSPS) is 12.8. The molecule has 0 bridgehead atoms. The smallest absolute Gasteiger partial charge is 0.262 e. The van der Waals surface area contributed by atoms with E-state index in [4.69, 9.17) is 10.5 Å². The zero-order valence-corrected chi connectivity index (χ0v) is 14.4. The van der Waals surface area contributed by atoms with Crippen LogP contribution in [-0.4, -0.2) is 24.5 Å². The van der Waals surface area contributed by atoms with Crippen LogP contribution in [0.15, 0.2) is 54.6 Å². The molecule has 0 aromatic heterocycles. The van der Waals surface area contributed by atoms with E-state index in [1.54, 1.807) is 50.2 Å². The number of rotatable bonds is 7. The maximum absolute atomic E-state index is 12.0. The van der Waals surface area contributed by atoms with E-state index in [0.717, 1.165) is 0 Å². The molecule has 2 unspecified atom stereocenters. The van der Waals surface area contributed by atoms with Crippen molar-refractivity contribution in [2.45, 2.75) is 19.9 Å². The minimum absolute atomic E-state index is 0.122. The lowest BCUT2D eigenvalue weighted by atomic mass is 10.0. The first-order chi connectivity index (χ1) is 12.0. The molecule has 0 fully saturated rings. The van der Waals surface area contributed by atoms with E-state index in [1.165, 1.54) is 0 Å². The summed E-state index contributed by atoms with van der Waals surface area (Å²) in [5, 5.41) is 5.53. The van der Waals surface area contributed by atoms with Gasteiger partial charge in [0.2, 0.25) is 5.91 Å². The molecule has 6 nitrogen and oxygen atoms in total. The Morgan fingerprint density at radius 3 is 2.36 bits per heavy atom. The zero-order chi connectivity index (χ0) is 18.2. The molecular weight excluding hydrogens is 318 g/mol. The number of anilines is 2. The van der Waals surface area contributed by atoms with Crippen molar-refractivity contribution >= 4 is 23.2 Å². The molecule has 4 N–H and O–H groups in total. The maximum Gasteiger partial charge on any atom is 0.262 e. The molecule has 0 aliphatic carbocycles. The van der Waals surface area contributed by atoms with Crippen molar-refractivity contribution in [2.75, 3.05) is 17.2 Å². The molecule has 0 saturated carbocycles. The molecule has 2 amide bonds. The Bertz CT molecular complexity index is 717. The van der Waals surface area contributed by atoms with Gasteiger partial charge in [-0.2, -0.15) is 0 Å². The first kappa shape index (κ1) is 18.5. The molecule has 6 heteroatoms. The highest BCUT2D eigenvalue weighted by Gasteiger charge is 2.17. The number of hydrogen-bond acceptors (Lipinski definition) is 4. The van der Waals surface area contributed by atoms with Crippen molar-refractivity contribution in [2.24, 2.45) is 11.7 Å². The van der Waals surface area contributed by atoms with Gasteiger partial charge in [0.1, 0.15) is 5.75 Å². The van der Waals surface area contributed by atoms with E-state index in [-0.39, 0.29) is 30.4 Å². The van der Waals surface area contributed by atoms with Gasteiger partial charge in [0.05, 0.1) is 5.92 Å². The predicted molar refractivity (Wildman–Crippen MR) is 98.5 cm³/mol. The van der Waals surface area contributed by atoms with Gasteiger partial charge in [0, 0.05) is 23.5 Å². The van der Waals surface area contributed by atoms with Crippen molar-refractivity contribution in [3.8, 4) is 5.75 Å². The highest BCUT2D eigenvalue weighted by molar-refractivity contribution is 5.93. The lowest BCUT2D eigenvalue weighted by molar-refractivity contribution is -0.120. The molecule has 25 heavy (non-hydrogen) atoms. The predicted octanol–water partition coefficient (Wildman–Crippen LogP) is 2.63. The summed E-state index contributed by atoms with van der Waals surface area (Å²) >= 11 is 0. The van der Waals surface area contributed by atoms with Crippen molar-refractivity contribution in [1.29, 1.82) is 0 Å². The van der Waals surface area contributed by atoms with Crippen molar-refractivity contribution in [1.82, 2.24) is 0 Å². The first-order valence-electron chi connectivity index (χ1n) is 8.10. The van der Waals surface area contributed by atoms with Crippen LogP contribution in [0.3, 0.4) is 0 Å². The van der Waals surface area contributed by atoms with Gasteiger partial charge in [-0.15, -0.1) is 0 Å². The lowest BCUT2D eigenvalue weighted by Gasteiger charge is -2.15. The molecule has 0 aliphatic heterocycles. The van der Waals surface area contributed by atoms with Crippen LogP contribution >= 0.6 is 0 Å². The number of nitrogens with one attached hydrogen (secondary N) is 2. The molecule has 2 atom stereocenters. The van der Waals surface area contributed by atoms with E-state index in [1.807, 2.05) is 18.2 Å². The third-order valence-electron chi connectivity index (χ3n) is 3.73. The van der Waals surface area contributed by atoms with Crippen molar-refractivity contribution < 1.29 is 14.3 Å². The molecule has 0 saturated heterocycles. The van der Waals surface area contributed by atoms with E-state index in [0.29, 0.717) is 17.1 Å². The largest absolute Gasteiger partial charge is 0.484 e. The van der Waals surface area contributed by atoms with Crippen LogP contribution in [0.4, 0.5) is 11.4 Å². The molecule has 0 radical (unpaired) electrons. The van der Waals surface area contributed by atoms with Crippen LogP contribution < -0.4 is 21.1 Å². The van der Waals surface area contributed by atoms with Crippen LogP contribution in [0.25, 0.3) is 0 Å². The monoisotopic (exact) mass is 341 g/mol. The number of ether oxygens (including phenoxy) is 1. The van der Waals surface area contributed by atoms with Gasteiger partial charge in [-0.3, -0.25) is 9.59 Å². The summed E-state index contributed by atoms with van der Waals surface area (Å²) in [5.74, 6) is -0.226. The Kier molecular flexibility index (Phi) is 6.54. The third-order valence-corrected chi connectivity index (χ3v) is 3.73. The molecular formula is C19H23N3O3. The average Bonchev–Trinajstić information content (AvgIpc) is 2.60. The Morgan fingerprint density at radius 2 is 1.68 bits per heavy atom. The summed E-state index contributed by atoms with van der Waals surface area (Å²) in [6.07, 6.45) is 0. The SMILES string of the molecule is CC(N)C(C)C(=O)Nc1cccc(OCC(=O)Nc2ccccc2)c1. The summed E-state index contributed by atoms with van der Waals surface area (Å²) in [5.41, 5.74) is 7.04. The molecule has 132 valence electrons. The second kappa shape index (κ2) is 8.84. The van der Waals surface area contributed by atoms with Gasteiger partial charge in [0.15, 0.2) is 6.61 Å². The van der Waals surface area contributed by atoms with Gasteiger partial charge < -0.3 is 21.1 Å². The number of carbonyl (C=O) groups is 2. The van der Waals surface area contributed by atoms with Gasteiger partial charge in [0.25, 0.3) is 5.91 Å². The van der Waals surface area contributed by atoms with E-state index in [9.17, 15) is 9.59 Å². The minimum atomic E-state index is -0.304. The summed E-state index contributed by atoms with van der Waals surface area (Å²) in [6.45, 7) is 3.44. The second-order valence-corrected chi connectivity index (χ2v) is 5.87. The molecule has 0 aliphatic rings. The summed E-state index contributed by atoms with van der Waals surface area (Å²) in [4.78, 5) is 23.9. The quantitative estimate of drug-likeness (QED) is 0.722. The van der Waals surface area contributed by atoms with Gasteiger partial charge in [-0.25, -0.2) is 0 Å². The maximum atomic E-state index is 12.0. The molecule has 2 aromatic carbocycles. The third kappa shape index (κ3) is 5.93. The Balaban J connectivity index is 1.88. The fourth-order valence-corrected chi connectivity index (χ4v) is 2.03. The number of para-hydroxylation sites is 1. The van der Waals surface area contributed by atoms with Crippen LogP contribution in [0.2, 0.25) is 0 Å². The van der Waals surface area contributed by atoms with Gasteiger partial charge in [-0.05, 0) is 31.2 Å². The summed E-state index contributed by atoms with van der Waals surface area (Å²) < 4.78 is 5.48. The fraction of sp³-hybridized carbons (Fsp3) is 0.263. The van der Waals surface area contributed by atoms with Crippen molar-refractivity contribution in [3.63, 3.8) is 0 Å². The topological polar surface area (TPSA) is 93.5 Å². The fourth-order valence-electron chi connectivity index (χ4n) is 2.03. The molecule has 0 spiro atoms. The van der Waals surface area contributed by atoms with Crippen LogP contribution in [0.5, 0.6) is 5.75 Å². The van der Waals surface area contributed by atoms with Crippen molar-refractivity contribution in [3.05, 3.63) is 54.6 Å². The molecule has 2 rings (SSSR count). The molecule has 2 aromatic rings. The number of nitrogens with two attached hydrogens (primary N) is 1. The highest BCUT2D eigenvalue weighted by Crippen LogP contribution is 2.18. The van der Waals surface area contributed by atoms with E-state index >= 15 is 0 Å². The number of hydrogen-bond donors (Lipinski definition) is 3. The highest BCUT2D eigenvalue weighted by atomic mass is 16.5. The Hall–Kier alpha value is -2.86. The standard InChI is InChI=1S/C19H23N3O3/c1-13(14(2)20)19(24)22-16-9-6-10-17(11-16)25-12-18(23)21-15-7-4-3-5-8-15/h3-11,13-14H,12,20H2,1-2H3,(H,21,23)(H,22,24). The summed E-state index contributed by atoms with van der Waals surface area (Å²) in [7, 11) is 0. The van der Waals surface area contributed by atoms with Crippen LogP contribution in [-0.2, 0) is 9.59 Å². The Morgan fingerprint density at radius 1 is 1.00 bits per heavy atom. The zero-order valence-electron chi connectivity index (χ0n) is 14.4. The first-order valence-corrected chi connectivity index (χ1v) is 8.10. The summed E-state index contributed by atoms with van der Waals surface area (Å²) in [6, 6.07) is 15.8. The van der Waals surface area contributed by atoms with Crippen LogP contribution in [0.1, 0.15) is 13.8 Å². The second-order valence-electron chi connectivity index (χ2n) is 5.87. The Labute approximate surface area is 147 Å². The molecule has 0 heterocycles. The van der Waals surface area contributed by atoms with Gasteiger partial charge in [-0.1, -0.05) is 31.2 Å². The number of amides is 2. The van der Waals surface area contributed by atoms with E-state index in [2.05, 4.69) is 10.6 Å². The minimum Gasteiger partial charge on any atom is -0.484 e. The van der Waals surface area contributed by atoms with Crippen LogP contribution in [0, 0.1) is 5.92 Å². The number of benzene rings is 2.